The van der Waals surface area contributed by atoms with E-state index in [1.165, 1.54) is 7.11 Å². The zero-order valence-electron chi connectivity index (χ0n) is 9.93. The molecule has 1 aliphatic heterocycles. The van der Waals surface area contributed by atoms with Gasteiger partial charge in [0, 0.05) is 13.1 Å². The third-order valence-electron chi connectivity index (χ3n) is 3.04. The Morgan fingerprint density at radius 2 is 2.41 bits per heavy atom. The minimum atomic E-state index is -0.140. The first kappa shape index (κ1) is 11.7. The Labute approximate surface area is 101 Å². The molecule has 1 aliphatic rings. The zero-order valence-corrected chi connectivity index (χ0v) is 9.93. The summed E-state index contributed by atoms with van der Waals surface area (Å²) in [5.74, 6) is 1.14. The first-order chi connectivity index (χ1) is 8.20. The maximum atomic E-state index is 11.5. The fourth-order valence-corrected chi connectivity index (χ4v) is 2.16. The number of nitrogens with two attached hydrogens (primary N) is 1. The predicted octanol–water partition coefficient (Wildman–Crippen LogP) is 1.05. The molecule has 0 aromatic carbocycles. The second-order valence-corrected chi connectivity index (χ2v) is 4.23. The Morgan fingerprint density at radius 1 is 1.59 bits per heavy atom. The minimum Gasteiger partial charge on any atom is -0.469 e. The lowest BCUT2D eigenvalue weighted by Gasteiger charge is -2.32. The summed E-state index contributed by atoms with van der Waals surface area (Å²) in [4.78, 5) is 17.9. The highest BCUT2D eigenvalue weighted by molar-refractivity contribution is 5.73. The van der Waals surface area contributed by atoms with Crippen molar-refractivity contribution >= 4 is 17.6 Å². The number of nitrogen functional groups attached to an aromatic ring is 1. The zero-order chi connectivity index (χ0) is 12.3. The van der Waals surface area contributed by atoms with Gasteiger partial charge in [0.1, 0.15) is 11.6 Å². The molecule has 0 spiro atoms. The van der Waals surface area contributed by atoms with Crippen LogP contribution in [0.15, 0.2) is 18.2 Å². The Balaban J connectivity index is 2.09. The van der Waals surface area contributed by atoms with Gasteiger partial charge >= 0.3 is 5.97 Å². The number of hydrogen-bond acceptors (Lipinski definition) is 5. The topological polar surface area (TPSA) is 68.5 Å². The van der Waals surface area contributed by atoms with Crippen molar-refractivity contribution in [2.75, 3.05) is 30.8 Å². The molecule has 0 aliphatic carbocycles. The number of piperidine rings is 1. The number of anilines is 2. The lowest BCUT2D eigenvalue weighted by molar-refractivity contribution is -0.145. The SMILES string of the molecule is COC(=O)C1CCCN(c2cccc(N)n2)C1. The van der Waals surface area contributed by atoms with Gasteiger partial charge in [-0.1, -0.05) is 6.07 Å². The van der Waals surface area contributed by atoms with Crippen molar-refractivity contribution in [1.82, 2.24) is 4.98 Å². The number of nitrogens with zero attached hydrogens (tertiary/aromatic N) is 2. The van der Waals surface area contributed by atoms with E-state index in [4.69, 9.17) is 10.5 Å². The van der Waals surface area contributed by atoms with Crippen LogP contribution in [0.25, 0.3) is 0 Å². The summed E-state index contributed by atoms with van der Waals surface area (Å²) in [6, 6.07) is 5.54. The summed E-state index contributed by atoms with van der Waals surface area (Å²) in [5, 5.41) is 0. The number of rotatable bonds is 2. The van der Waals surface area contributed by atoms with Crippen molar-refractivity contribution < 1.29 is 9.53 Å². The van der Waals surface area contributed by atoms with Gasteiger partial charge in [0.2, 0.25) is 0 Å². The quantitative estimate of drug-likeness (QED) is 0.776. The summed E-state index contributed by atoms with van der Waals surface area (Å²) in [6.07, 6.45) is 1.85. The van der Waals surface area contributed by atoms with Gasteiger partial charge < -0.3 is 15.4 Å². The first-order valence-corrected chi connectivity index (χ1v) is 5.76. The number of aromatic nitrogens is 1. The van der Waals surface area contributed by atoms with E-state index in [0.717, 1.165) is 25.2 Å². The molecule has 17 heavy (non-hydrogen) atoms. The molecule has 92 valence electrons. The largest absolute Gasteiger partial charge is 0.469 e. The summed E-state index contributed by atoms with van der Waals surface area (Å²) in [7, 11) is 1.43. The molecule has 0 bridgehead atoms. The van der Waals surface area contributed by atoms with Gasteiger partial charge in [-0.15, -0.1) is 0 Å². The molecule has 0 amide bonds. The first-order valence-electron chi connectivity index (χ1n) is 5.76. The van der Waals surface area contributed by atoms with E-state index >= 15 is 0 Å². The molecule has 5 heteroatoms. The molecule has 0 saturated carbocycles. The smallest absolute Gasteiger partial charge is 0.310 e. The molecule has 1 aromatic rings. The van der Waals surface area contributed by atoms with Gasteiger partial charge in [-0.3, -0.25) is 4.79 Å². The molecule has 2 rings (SSSR count). The number of methoxy groups -OCH3 is 1. The Bertz CT molecular complexity index is 408. The van der Waals surface area contributed by atoms with Crippen LogP contribution in [0.2, 0.25) is 0 Å². The van der Waals surface area contributed by atoms with E-state index in [1.807, 2.05) is 12.1 Å². The third-order valence-corrected chi connectivity index (χ3v) is 3.04. The van der Waals surface area contributed by atoms with E-state index in [1.54, 1.807) is 6.07 Å². The van der Waals surface area contributed by atoms with Crippen LogP contribution in [-0.2, 0) is 9.53 Å². The molecule has 1 saturated heterocycles. The number of esters is 1. The molecule has 0 radical (unpaired) electrons. The number of carbonyl (C=O) groups excluding carboxylic acids is 1. The summed E-state index contributed by atoms with van der Waals surface area (Å²) < 4.78 is 4.79. The van der Waals surface area contributed by atoms with E-state index in [-0.39, 0.29) is 11.9 Å². The molecule has 5 nitrogen and oxygen atoms in total. The average Bonchev–Trinajstić information content (AvgIpc) is 2.38. The van der Waals surface area contributed by atoms with Gasteiger partial charge in [-0.2, -0.15) is 0 Å². The molecule has 2 heterocycles. The van der Waals surface area contributed by atoms with Crippen molar-refractivity contribution in [1.29, 1.82) is 0 Å². The Kier molecular flexibility index (Phi) is 3.46. The summed E-state index contributed by atoms with van der Waals surface area (Å²) in [5.41, 5.74) is 5.66. The van der Waals surface area contributed by atoms with Crippen LogP contribution < -0.4 is 10.6 Å². The molecule has 2 N–H and O–H groups in total. The van der Waals surface area contributed by atoms with Gasteiger partial charge in [-0.25, -0.2) is 4.98 Å². The molecular formula is C12H17N3O2. The summed E-state index contributed by atoms with van der Waals surface area (Å²) >= 11 is 0. The number of hydrogen-bond donors (Lipinski definition) is 1. The minimum absolute atomic E-state index is 0.0584. The van der Waals surface area contributed by atoms with Gasteiger partial charge in [0.05, 0.1) is 13.0 Å². The van der Waals surface area contributed by atoms with Crippen molar-refractivity contribution in [3.8, 4) is 0 Å². The van der Waals surface area contributed by atoms with Crippen LogP contribution in [0, 0.1) is 5.92 Å². The van der Waals surface area contributed by atoms with Crippen molar-refractivity contribution in [2.24, 2.45) is 5.92 Å². The molecule has 1 atom stereocenters. The molecule has 1 unspecified atom stereocenters. The normalized spacial score (nSPS) is 20.1. The van der Waals surface area contributed by atoms with Gasteiger partial charge in [-0.05, 0) is 25.0 Å². The van der Waals surface area contributed by atoms with Crippen LogP contribution in [-0.4, -0.2) is 31.2 Å². The lowest BCUT2D eigenvalue weighted by Crippen LogP contribution is -2.39. The van der Waals surface area contributed by atoms with Gasteiger partial charge in [0.25, 0.3) is 0 Å². The van der Waals surface area contributed by atoms with Gasteiger partial charge in [0.15, 0.2) is 0 Å². The number of pyridine rings is 1. The second kappa shape index (κ2) is 5.03. The Morgan fingerprint density at radius 3 is 3.12 bits per heavy atom. The fourth-order valence-electron chi connectivity index (χ4n) is 2.16. The summed E-state index contributed by atoms with van der Waals surface area (Å²) in [6.45, 7) is 1.56. The van der Waals surface area contributed by atoms with E-state index in [9.17, 15) is 4.79 Å². The van der Waals surface area contributed by atoms with Crippen LogP contribution >= 0.6 is 0 Å². The van der Waals surface area contributed by atoms with Crippen LogP contribution in [0.5, 0.6) is 0 Å². The molecule has 1 aromatic heterocycles. The lowest BCUT2D eigenvalue weighted by atomic mass is 9.98. The maximum Gasteiger partial charge on any atom is 0.310 e. The monoisotopic (exact) mass is 235 g/mol. The second-order valence-electron chi connectivity index (χ2n) is 4.23. The standard InChI is InChI=1S/C12H17N3O2/c1-17-12(16)9-4-3-7-15(8-9)11-6-2-5-10(13)14-11/h2,5-6,9H,3-4,7-8H2,1H3,(H2,13,14). The highest BCUT2D eigenvalue weighted by Gasteiger charge is 2.27. The number of carbonyl (C=O) groups is 1. The third kappa shape index (κ3) is 2.67. The van der Waals surface area contributed by atoms with Crippen LogP contribution in [0.1, 0.15) is 12.8 Å². The van der Waals surface area contributed by atoms with E-state index in [0.29, 0.717) is 12.4 Å². The fraction of sp³-hybridized carbons (Fsp3) is 0.500. The highest BCUT2D eigenvalue weighted by Crippen LogP contribution is 2.22. The predicted molar refractivity (Wildman–Crippen MR) is 65.6 cm³/mol. The average molecular weight is 235 g/mol. The van der Waals surface area contributed by atoms with Crippen molar-refractivity contribution in [2.45, 2.75) is 12.8 Å². The maximum absolute atomic E-state index is 11.5. The van der Waals surface area contributed by atoms with Crippen molar-refractivity contribution in [3.63, 3.8) is 0 Å². The molecule has 1 fully saturated rings. The molecular weight excluding hydrogens is 218 g/mol. The van der Waals surface area contributed by atoms with Crippen molar-refractivity contribution in [3.05, 3.63) is 18.2 Å². The Hall–Kier alpha value is -1.78. The van der Waals surface area contributed by atoms with E-state index in [2.05, 4.69) is 9.88 Å². The van der Waals surface area contributed by atoms with Crippen LogP contribution in [0.4, 0.5) is 11.6 Å². The number of ether oxygens (including phenoxy) is 1. The highest BCUT2D eigenvalue weighted by atomic mass is 16.5. The van der Waals surface area contributed by atoms with Crippen LogP contribution in [0.3, 0.4) is 0 Å². The van der Waals surface area contributed by atoms with E-state index < -0.39 is 0 Å².